The molecule has 1 aromatic heterocycles. The second-order valence-corrected chi connectivity index (χ2v) is 6.78. The Morgan fingerprint density at radius 3 is 2.90 bits per heavy atom. The third-order valence-electron chi connectivity index (χ3n) is 4.86. The summed E-state index contributed by atoms with van der Waals surface area (Å²) in [6.07, 6.45) is 0.995. The molecular weight excluding hydrogens is 375 g/mol. The molecule has 0 aliphatic carbocycles. The van der Waals surface area contributed by atoms with Gasteiger partial charge >= 0.3 is 0 Å². The largest absolute Gasteiger partial charge is 0.497 e. The summed E-state index contributed by atoms with van der Waals surface area (Å²) in [5.74, 6) is 0.874. The molecule has 0 unspecified atom stereocenters. The molecule has 2 heterocycles. The highest BCUT2D eigenvalue weighted by molar-refractivity contribution is 5.91. The Morgan fingerprint density at radius 1 is 1.28 bits per heavy atom. The van der Waals surface area contributed by atoms with Gasteiger partial charge in [-0.15, -0.1) is 0 Å². The van der Waals surface area contributed by atoms with Crippen molar-refractivity contribution in [2.45, 2.75) is 25.8 Å². The maximum absolute atomic E-state index is 14.6. The quantitative estimate of drug-likeness (QED) is 0.666. The van der Waals surface area contributed by atoms with E-state index in [4.69, 9.17) is 9.26 Å². The molecule has 0 radical (unpaired) electrons. The molecule has 1 aliphatic heterocycles. The molecule has 0 saturated heterocycles. The number of fused-ring (bicyclic) bond motifs is 1. The van der Waals surface area contributed by atoms with E-state index in [0.717, 1.165) is 23.4 Å². The van der Waals surface area contributed by atoms with Crippen molar-refractivity contribution in [1.82, 2.24) is 15.5 Å². The van der Waals surface area contributed by atoms with Crippen LogP contribution in [0.5, 0.6) is 5.75 Å². The number of nitrogens with zero attached hydrogens (tertiary/aromatic N) is 2. The van der Waals surface area contributed by atoms with Gasteiger partial charge in [-0.3, -0.25) is 4.79 Å². The van der Waals surface area contributed by atoms with Gasteiger partial charge in [-0.25, -0.2) is 4.39 Å². The van der Waals surface area contributed by atoms with Crippen LogP contribution in [-0.2, 0) is 24.2 Å². The Balaban J connectivity index is 1.36. The summed E-state index contributed by atoms with van der Waals surface area (Å²) in [6, 6.07) is 10.7. The van der Waals surface area contributed by atoms with Crippen molar-refractivity contribution < 1.29 is 18.4 Å². The number of methoxy groups -OCH3 is 1. The number of nitrogens with one attached hydrogen (secondary N) is 2. The first-order valence-corrected chi connectivity index (χ1v) is 9.42. The molecule has 2 N–H and O–H groups in total. The Morgan fingerprint density at radius 2 is 2.10 bits per heavy atom. The van der Waals surface area contributed by atoms with Crippen molar-refractivity contribution in [3.63, 3.8) is 0 Å². The van der Waals surface area contributed by atoms with Gasteiger partial charge in [-0.05, 0) is 54.4 Å². The maximum Gasteiger partial charge on any atom is 0.227 e. The second-order valence-electron chi connectivity index (χ2n) is 6.78. The fraction of sp³-hybridized carbons (Fsp3) is 0.286. The topological polar surface area (TPSA) is 89.3 Å². The van der Waals surface area contributed by atoms with Gasteiger partial charge in [0.2, 0.25) is 17.6 Å². The molecule has 150 valence electrons. The smallest absolute Gasteiger partial charge is 0.227 e. The molecule has 3 aromatic rings. The molecule has 0 bridgehead atoms. The van der Waals surface area contributed by atoms with E-state index in [1.807, 2.05) is 30.3 Å². The van der Waals surface area contributed by atoms with Crippen molar-refractivity contribution in [2.24, 2.45) is 0 Å². The molecule has 29 heavy (non-hydrogen) atoms. The number of ether oxygens (including phenoxy) is 1. The van der Waals surface area contributed by atoms with Crippen LogP contribution < -0.4 is 15.4 Å². The van der Waals surface area contributed by atoms with Crippen LogP contribution in [-0.4, -0.2) is 29.7 Å². The summed E-state index contributed by atoms with van der Waals surface area (Å²) < 4.78 is 25.0. The van der Waals surface area contributed by atoms with E-state index in [0.29, 0.717) is 30.2 Å². The zero-order valence-corrected chi connectivity index (χ0v) is 16.0. The first kappa shape index (κ1) is 19.1. The normalized spacial score (nSPS) is 13.0. The lowest BCUT2D eigenvalue weighted by Crippen LogP contribution is -2.25. The number of halogens is 1. The molecule has 0 fully saturated rings. The van der Waals surface area contributed by atoms with Crippen LogP contribution in [0.4, 0.5) is 10.1 Å². The van der Waals surface area contributed by atoms with Crippen LogP contribution in [0.25, 0.3) is 11.4 Å². The van der Waals surface area contributed by atoms with Gasteiger partial charge in [0.05, 0.1) is 12.8 Å². The molecule has 7 nitrogen and oxygen atoms in total. The predicted molar refractivity (Wildman–Crippen MR) is 105 cm³/mol. The van der Waals surface area contributed by atoms with E-state index in [-0.39, 0.29) is 30.3 Å². The van der Waals surface area contributed by atoms with Gasteiger partial charge in [0.1, 0.15) is 11.6 Å². The average molecular weight is 396 g/mol. The molecule has 2 aromatic carbocycles. The lowest BCUT2D eigenvalue weighted by Gasteiger charge is -2.19. The zero-order chi connectivity index (χ0) is 20.2. The summed E-state index contributed by atoms with van der Waals surface area (Å²) in [5.41, 5.74) is 2.60. The average Bonchev–Trinajstić information content (AvgIpc) is 3.24. The standard InChI is InChI=1S/C21H21FN4O3/c1-28-15-5-2-13(3-6-15)21-25-19(29-26-21)9-8-18(27)24-17-7-4-14-12-23-11-10-16(14)20(17)22/h2-7,23H,8-12H2,1H3,(H,24,27). The van der Waals surface area contributed by atoms with E-state index in [1.54, 1.807) is 13.2 Å². The SMILES string of the molecule is COc1ccc(-c2noc(CCC(=O)Nc3ccc4c(c3F)CCNC4)n2)cc1. The summed E-state index contributed by atoms with van der Waals surface area (Å²) in [5, 5.41) is 9.79. The molecule has 0 atom stereocenters. The van der Waals surface area contributed by atoms with Gasteiger partial charge in [0.25, 0.3) is 0 Å². The van der Waals surface area contributed by atoms with Gasteiger partial charge in [-0.2, -0.15) is 4.98 Å². The van der Waals surface area contributed by atoms with E-state index >= 15 is 0 Å². The maximum atomic E-state index is 14.6. The minimum Gasteiger partial charge on any atom is -0.497 e. The van der Waals surface area contributed by atoms with Crippen LogP contribution in [0, 0.1) is 5.82 Å². The predicted octanol–water partition coefficient (Wildman–Crippen LogP) is 3.10. The van der Waals surface area contributed by atoms with Crippen molar-refractivity contribution in [3.8, 4) is 17.1 Å². The second kappa shape index (κ2) is 8.40. The first-order chi connectivity index (χ1) is 14.1. The lowest BCUT2D eigenvalue weighted by molar-refractivity contribution is -0.116. The minimum atomic E-state index is -0.350. The Hall–Kier alpha value is -3.26. The third-order valence-corrected chi connectivity index (χ3v) is 4.86. The number of carbonyl (C=O) groups is 1. The number of amides is 1. The highest BCUT2D eigenvalue weighted by atomic mass is 19.1. The van der Waals surface area contributed by atoms with Crippen molar-refractivity contribution in [2.75, 3.05) is 19.0 Å². The fourth-order valence-corrected chi connectivity index (χ4v) is 3.28. The molecule has 1 amide bonds. The number of aromatic nitrogens is 2. The van der Waals surface area contributed by atoms with Crippen molar-refractivity contribution in [1.29, 1.82) is 0 Å². The first-order valence-electron chi connectivity index (χ1n) is 9.42. The van der Waals surface area contributed by atoms with Crippen LogP contribution in [0.15, 0.2) is 40.9 Å². The number of hydrogen-bond donors (Lipinski definition) is 2. The number of hydrogen-bond acceptors (Lipinski definition) is 6. The third kappa shape index (κ3) is 4.27. The van der Waals surface area contributed by atoms with E-state index in [9.17, 15) is 9.18 Å². The number of carbonyl (C=O) groups excluding carboxylic acids is 1. The lowest BCUT2D eigenvalue weighted by atomic mass is 9.99. The highest BCUT2D eigenvalue weighted by Crippen LogP contribution is 2.25. The van der Waals surface area contributed by atoms with Gasteiger partial charge in [-0.1, -0.05) is 11.2 Å². The Kier molecular flexibility index (Phi) is 5.53. The molecule has 1 aliphatic rings. The molecule has 0 spiro atoms. The molecule has 8 heteroatoms. The van der Waals surface area contributed by atoms with Crippen LogP contribution in [0.1, 0.15) is 23.4 Å². The van der Waals surface area contributed by atoms with Gasteiger partial charge in [0.15, 0.2) is 0 Å². The van der Waals surface area contributed by atoms with Crippen molar-refractivity contribution in [3.05, 3.63) is 59.2 Å². The number of benzene rings is 2. The summed E-state index contributed by atoms with van der Waals surface area (Å²) in [7, 11) is 1.60. The summed E-state index contributed by atoms with van der Waals surface area (Å²) >= 11 is 0. The van der Waals surface area contributed by atoms with E-state index in [2.05, 4.69) is 20.8 Å². The Bertz CT molecular complexity index is 1020. The zero-order valence-electron chi connectivity index (χ0n) is 16.0. The minimum absolute atomic E-state index is 0.113. The Labute approximate surface area is 167 Å². The number of aryl methyl sites for hydroxylation is 1. The van der Waals surface area contributed by atoms with Crippen LogP contribution in [0.3, 0.4) is 0 Å². The van der Waals surface area contributed by atoms with Gasteiger partial charge in [0, 0.05) is 24.9 Å². The van der Waals surface area contributed by atoms with Crippen LogP contribution >= 0.6 is 0 Å². The molecule has 0 saturated carbocycles. The van der Waals surface area contributed by atoms with Crippen molar-refractivity contribution >= 4 is 11.6 Å². The number of rotatable bonds is 6. The number of anilines is 1. The summed E-state index contributed by atoms with van der Waals surface area (Å²) in [6.45, 7) is 1.38. The highest BCUT2D eigenvalue weighted by Gasteiger charge is 2.18. The fourth-order valence-electron chi connectivity index (χ4n) is 3.28. The van der Waals surface area contributed by atoms with E-state index in [1.165, 1.54) is 0 Å². The summed E-state index contributed by atoms with van der Waals surface area (Å²) in [4.78, 5) is 16.6. The van der Waals surface area contributed by atoms with E-state index < -0.39 is 0 Å². The molecular formula is C21H21FN4O3. The van der Waals surface area contributed by atoms with Crippen LogP contribution in [0.2, 0.25) is 0 Å². The monoisotopic (exact) mass is 396 g/mol. The van der Waals surface area contributed by atoms with Gasteiger partial charge < -0.3 is 19.9 Å². The molecule has 4 rings (SSSR count).